The highest BCUT2D eigenvalue weighted by atomic mass is 16.5. The fraction of sp³-hybridized carbons (Fsp3) is 0.273. The monoisotopic (exact) mass is 533 g/mol. The number of imide groups is 1. The predicted octanol–water partition coefficient (Wildman–Crippen LogP) is 4.86. The number of Topliss-reactive ketones (excluding diaryl/α,β-unsaturated/α-hetero) is 1. The smallest absolute Gasteiger partial charge is 0.338 e. The largest absolute Gasteiger partial charge is 0.489 e. The molecule has 0 unspecified atom stereocenters. The van der Waals surface area contributed by atoms with Crippen LogP contribution in [0.1, 0.15) is 32.7 Å². The molecule has 2 amide bonds. The SMILES string of the molecule is O=C(COC(=O)c1ccc(N2C(=O)[C@@H]3[C@H]4C=C[C@@H]([C@@H]5C[C@@H]45)[C@@H]3C2=O)cc1)c1ccc(OCc2ccccc2)cc1. The summed E-state index contributed by atoms with van der Waals surface area (Å²) in [5.41, 5.74) is 2.14. The minimum absolute atomic E-state index is 0.142. The number of ketones is 1. The summed E-state index contributed by atoms with van der Waals surface area (Å²) in [5, 5.41) is 0. The number of benzene rings is 3. The third-order valence-corrected chi connectivity index (χ3v) is 8.78. The van der Waals surface area contributed by atoms with Crippen LogP contribution in [0.5, 0.6) is 5.75 Å². The van der Waals surface area contributed by atoms with Crippen LogP contribution in [0.25, 0.3) is 0 Å². The van der Waals surface area contributed by atoms with Crippen molar-refractivity contribution in [2.24, 2.45) is 35.5 Å². The van der Waals surface area contributed by atoms with Gasteiger partial charge in [0.1, 0.15) is 12.4 Å². The first-order chi connectivity index (χ1) is 19.5. The van der Waals surface area contributed by atoms with Gasteiger partial charge in [0.2, 0.25) is 11.8 Å². The number of carbonyl (C=O) groups excluding carboxylic acids is 4. The number of nitrogens with zero attached hydrogens (tertiary/aromatic N) is 1. The van der Waals surface area contributed by atoms with Crippen LogP contribution in [0.4, 0.5) is 5.69 Å². The van der Waals surface area contributed by atoms with Crippen LogP contribution in [-0.2, 0) is 20.9 Å². The van der Waals surface area contributed by atoms with Crippen molar-refractivity contribution in [3.05, 3.63) is 108 Å². The van der Waals surface area contributed by atoms with E-state index in [-0.39, 0.29) is 46.8 Å². The Morgan fingerprint density at radius 1 is 0.750 bits per heavy atom. The van der Waals surface area contributed by atoms with Crippen LogP contribution in [0, 0.1) is 35.5 Å². The Morgan fingerprint density at radius 2 is 1.35 bits per heavy atom. The van der Waals surface area contributed by atoms with Crippen LogP contribution in [0.2, 0.25) is 0 Å². The average molecular weight is 534 g/mol. The normalized spacial score (nSPS) is 27.2. The summed E-state index contributed by atoms with van der Waals surface area (Å²) in [7, 11) is 0. The lowest BCUT2D eigenvalue weighted by atomic mass is 9.63. The molecule has 1 heterocycles. The number of hydrogen-bond acceptors (Lipinski definition) is 6. The zero-order valence-electron chi connectivity index (χ0n) is 21.6. The number of allylic oxidation sites excluding steroid dienone is 2. The molecule has 8 rings (SSSR count). The second-order valence-electron chi connectivity index (χ2n) is 11.0. The Kier molecular flexibility index (Phi) is 5.88. The average Bonchev–Trinajstić information content (AvgIpc) is 3.78. The second kappa shape index (κ2) is 9.59. The van der Waals surface area contributed by atoms with Gasteiger partial charge in [-0.3, -0.25) is 19.3 Å². The maximum absolute atomic E-state index is 13.3. The maximum atomic E-state index is 13.3. The summed E-state index contributed by atoms with van der Waals surface area (Å²) in [5.74, 6) is 0.212. The van der Waals surface area contributed by atoms with Crippen LogP contribution in [0.15, 0.2) is 91.0 Å². The van der Waals surface area contributed by atoms with Crippen molar-refractivity contribution in [2.75, 3.05) is 11.5 Å². The lowest BCUT2D eigenvalue weighted by molar-refractivity contribution is -0.124. The Hall–Kier alpha value is -4.52. The molecule has 2 bridgehead atoms. The highest BCUT2D eigenvalue weighted by Gasteiger charge is 2.67. The van der Waals surface area contributed by atoms with Gasteiger partial charge in [-0.1, -0.05) is 42.5 Å². The molecule has 0 aromatic heterocycles. The molecule has 200 valence electrons. The van der Waals surface area contributed by atoms with Crippen LogP contribution in [0.3, 0.4) is 0 Å². The molecule has 3 aromatic carbocycles. The van der Waals surface area contributed by atoms with E-state index in [1.165, 1.54) is 17.0 Å². The molecule has 0 radical (unpaired) electrons. The molecule has 3 aromatic rings. The molecule has 5 aliphatic rings. The minimum Gasteiger partial charge on any atom is -0.489 e. The summed E-state index contributed by atoms with van der Waals surface area (Å²) in [6, 6.07) is 22.7. The number of esters is 1. The van der Waals surface area contributed by atoms with Crippen molar-refractivity contribution in [3.63, 3.8) is 0 Å². The van der Waals surface area contributed by atoms with E-state index in [4.69, 9.17) is 9.47 Å². The molecule has 0 N–H and O–H groups in total. The first-order valence-corrected chi connectivity index (χ1v) is 13.6. The number of anilines is 1. The molecule has 7 nitrogen and oxygen atoms in total. The van der Waals surface area contributed by atoms with Gasteiger partial charge in [-0.15, -0.1) is 0 Å². The van der Waals surface area contributed by atoms with Gasteiger partial charge < -0.3 is 9.47 Å². The van der Waals surface area contributed by atoms with Crippen molar-refractivity contribution in [1.82, 2.24) is 0 Å². The van der Waals surface area contributed by atoms with E-state index in [1.807, 2.05) is 30.3 Å². The highest BCUT2D eigenvalue weighted by molar-refractivity contribution is 6.22. The van der Waals surface area contributed by atoms with Gasteiger partial charge in [0, 0.05) is 5.56 Å². The Labute approximate surface area is 231 Å². The first-order valence-electron chi connectivity index (χ1n) is 13.6. The van der Waals surface area contributed by atoms with Gasteiger partial charge in [0.05, 0.1) is 23.1 Å². The summed E-state index contributed by atoms with van der Waals surface area (Å²) in [6.45, 7) is 0.0142. The summed E-state index contributed by atoms with van der Waals surface area (Å²) in [6.07, 6.45) is 5.40. The summed E-state index contributed by atoms with van der Waals surface area (Å²) in [4.78, 5) is 53.1. The van der Waals surface area contributed by atoms with E-state index in [9.17, 15) is 19.2 Å². The quantitative estimate of drug-likeness (QED) is 0.178. The van der Waals surface area contributed by atoms with Gasteiger partial charge in [-0.2, -0.15) is 0 Å². The number of carbonyl (C=O) groups is 4. The van der Waals surface area contributed by atoms with Crippen LogP contribution >= 0.6 is 0 Å². The first kappa shape index (κ1) is 24.5. The minimum atomic E-state index is -0.655. The number of hydrogen-bond donors (Lipinski definition) is 0. The van der Waals surface area contributed by atoms with E-state index in [0.717, 1.165) is 12.0 Å². The number of rotatable bonds is 8. The summed E-state index contributed by atoms with van der Waals surface area (Å²) < 4.78 is 11.0. The molecule has 7 heteroatoms. The third-order valence-electron chi connectivity index (χ3n) is 8.78. The standard InChI is InChI=1S/C33H27NO6/c35-28(20-8-12-23(13-9-20)39-17-19-4-2-1-3-5-19)18-40-33(38)21-6-10-22(11-7-21)34-31(36)29-24-14-15-25(27-16-26(24)27)30(29)32(34)37/h1-15,24-27,29-30H,16-18H2/t24-,25-,26-,27-,29-,30+/m0/s1. The second-order valence-corrected chi connectivity index (χ2v) is 11.0. The van der Waals surface area contributed by atoms with Crippen molar-refractivity contribution in [1.29, 1.82) is 0 Å². The van der Waals surface area contributed by atoms with Crippen molar-refractivity contribution in [3.8, 4) is 5.75 Å². The molecule has 1 saturated heterocycles. The van der Waals surface area contributed by atoms with Gasteiger partial charge in [0.25, 0.3) is 0 Å². The van der Waals surface area contributed by atoms with Gasteiger partial charge in [0.15, 0.2) is 12.4 Å². The van der Waals surface area contributed by atoms with Crippen molar-refractivity contribution in [2.45, 2.75) is 13.0 Å². The lowest BCUT2D eigenvalue weighted by Gasteiger charge is -2.37. The van der Waals surface area contributed by atoms with E-state index >= 15 is 0 Å². The van der Waals surface area contributed by atoms with Gasteiger partial charge >= 0.3 is 5.97 Å². The maximum Gasteiger partial charge on any atom is 0.338 e. The molecule has 1 aliphatic heterocycles. The molecular formula is C33H27NO6. The third kappa shape index (κ3) is 4.13. The zero-order valence-corrected chi connectivity index (χ0v) is 21.6. The predicted molar refractivity (Wildman–Crippen MR) is 145 cm³/mol. The fourth-order valence-electron chi connectivity index (χ4n) is 6.73. The van der Waals surface area contributed by atoms with Crippen LogP contribution in [-0.4, -0.2) is 30.2 Å². The topological polar surface area (TPSA) is 90.0 Å². The van der Waals surface area contributed by atoms with E-state index in [2.05, 4.69) is 12.2 Å². The zero-order chi connectivity index (χ0) is 27.4. The highest BCUT2D eigenvalue weighted by Crippen LogP contribution is 2.65. The molecule has 4 aliphatic carbocycles. The molecule has 2 saturated carbocycles. The van der Waals surface area contributed by atoms with Crippen LogP contribution < -0.4 is 9.64 Å². The van der Waals surface area contributed by atoms with Crippen molar-refractivity contribution >= 4 is 29.3 Å². The molecule has 40 heavy (non-hydrogen) atoms. The Balaban J connectivity index is 0.946. The molecule has 3 fully saturated rings. The lowest BCUT2D eigenvalue weighted by Crippen LogP contribution is -2.40. The Morgan fingerprint density at radius 3 is 1.98 bits per heavy atom. The number of ether oxygens (including phenoxy) is 2. The fourth-order valence-corrected chi connectivity index (χ4v) is 6.73. The summed E-state index contributed by atoms with van der Waals surface area (Å²) >= 11 is 0. The number of amides is 2. The molecular weight excluding hydrogens is 506 g/mol. The molecule has 0 spiro atoms. The van der Waals surface area contributed by atoms with Crippen molar-refractivity contribution < 1.29 is 28.7 Å². The molecule has 6 atom stereocenters. The van der Waals surface area contributed by atoms with Gasteiger partial charge in [-0.05, 0) is 84.2 Å². The Bertz CT molecular complexity index is 1490. The van der Waals surface area contributed by atoms with E-state index in [1.54, 1.807) is 36.4 Å². The van der Waals surface area contributed by atoms with Gasteiger partial charge in [-0.25, -0.2) is 4.79 Å². The van der Waals surface area contributed by atoms with E-state index in [0.29, 0.717) is 35.4 Å². The van der Waals surface area contributed by atoms with E-state index < -0.39 is 12.6 Å².